The molecule has 0 spiro atoms. The fourth-order valence-electron chi connectivity index (χ4n) is 5.95. The molecule has 3 amide bonds. The van der Waals surface area contributed by atoms with Gasteiger partial charge in [-0.2, -0.15) is 0 Å². The fraction of sp³-hybridized carbons (Fsp3) is 0.421. The Balaban J connectivity index is 1.44. The van der Waals surface area contributed by atoms with E-state index in [1.807, 2.05) is 0 Å². The third-order valence-electron chi connectivity index (χ3n) is 8.64. The molecule has 4 rings (SSSR count). The quantitative estimate of drug-likeness (QED) is 0.119. The molecule has 13 heteroatoms. The standard InChI is InChI=1S/C38H46ClN3O9/c1-23(27-12-16-34(31(19-27)36(40)44)49-21-26-8-6-5-7-9-26)41-37(45)32(42-24(2)43)18-25-10-14-29(15-11-25)51-35(38(46)48-4)30-20-28(39)13-17-33(30)50-22-47-3/h10-17,19-20,23,26,32,35H,5-9,18,21-22H2,1-4H3,(H2,40,44)(H,41,45)(H,42,43). The van der Waals surface area contributed by atoms with Gasteiger partial charge in [0.15, 0.2) is 6.79 Å². The fourth-order valence-corrected chi connectivity index (χ4v) is 6.13. The number of benzene rings is 3. The number of carbonyl (C=O) groups is 4. The summed E-state index contributed by atoms with van der Waals surface area (Å²) >= 11 is 6.22. The van der Waals surface area contributed by atoms with E-state index in [9.17, 15) is 19.2 Å². The minimum absolute atomic E-state index is 0.0605. The van der Waals surface area contributed by atoms with Crippen LogP contribution in [0.4, 0.5) is 0 Å². The van der Waals surface area contributed by atoms with E-state index >= 15 is 0 Å². The lowest BCUT2D eigenvalue weighted by molar-refractivity contribution is -0.149. The third-order valence-corrected chi connectivity index (χ3v) is 8.88. The van der Waals surface area contributed by atoms with Crippen LogP contribution >= 0.6 is 11.6 Å². The maximum atomic E-state index is 13.5. The van der Waals surface area contributed by atoms with E-state index in [-0.39, 0.29) is 24.7 Å². The molecule has 12 nitrogen and oxygen atoms in total. The summed E-state index contributed by atoms with van der Waals surface area (Å²) in [5.74, 6) is -0.573. The Morgan fingerprint density at radius 3 is 2.25 bits per heavy atom. The van der Waals surface area contributed by atoms with Gasteiger partial charge in [0.2, 0.25) is 17.9 Å². The van der Waals surface area contributed by atoms with Crippen molar-refractivity contribution in [1.82, 2.24) is 10.6 Å². The molecule has 1 fully saturated rings. The molecule has 0 aliphatic heterocycles. The Bertz CT molecular complexity index is 1660. The van der Waals surface area contributed by atoms with Gasteiger partial charge in [-0.3, -0.25) is 14.4 Å². The summed E-state index contributed by atoms with van der Waals surface area (Å²) in [6.07, 6.45) is 4.76. The molecule has 3 aromatic carbocycles. The Labute approximate surface area is 303 Å². The maximum absolute atomic E-state index is 13.5. The lowest BCUT2D eigenvalue weighted by atomic mass is 9.90. The number of hydrogen-bond donors (Lipinski definition) is 3. The van der Waals surface area contributed by atoms with Crippen LogP contribution < -0.4 is 30.6 Å². The van der Waals surface area contributed by atoms with Crippen LogP contribution in [0.15, 0.2) is 60.7 Å². The predicted octanol–water partition coefficient (Wildman–Crippen LogP) is 5.60. The lowest BCUT2D eigenvalue weighted by Crippen LogP contribution is -2.48. The summed E-state index contributed by atoms with van der Waals surface area (Å²) in [4.78, 5) is 50.7. The molecule has 1 aliphatic rings. The summed E-state index contributed by atoms with van der Waals surface area (Å²) in [5.41, 5.74) is 7.65. The molecule has 3 aromatic rings. The predicted molar refractivity (Wildman–Crippen MR) is 191 cm³/mol. The summed E-state index contributed by atoms with van der Waals surface area (Å²) in [5, 5.41) is 6.02. The van der Waals surface area contributed by atoms with E-state index in [4.69, 9.17) is 41.0 Å². The van der Waals surface area contributed by atoms with Crippen molar-refractivity contribution in [2.45, 2.75) is 70.6 Å². The molecular formula is C38H46ClN3O9. The van der Waals surface area contributed by atoms with Gasteiger partial charge in [-0.15, -0.1) is 0 Å². The number of nitrogens with two attached hydrogens (primary N) is 1. The zero-order valence-electron chi connectivity index (χ0n) is 29.4. The van der Waals surface area contributed by atoms with E-state index in [1.165, 1.54) is 40.4 Å². The molecule has 0 heterocycles. The number of rotatable bonds is 17. The van der Waals surface area contributed by atoms with Gasteiger partial charge in [0, 0.05) is 31.0 Å². The van der Waals surface area contributed by atoms with Crippen LogP contribution in [0, 0.1) is 5.92 Å². The van der Waals surface area contributed by atoms with Crippen LogP contribution in [0.25, 0.3) is 0 Å². The number of esters is 1. The monoisotopic (exact) mass is 723 g/mol. The topological polar surface area (TPSA) is 165 Å². The average Bonchev–Trinajstić information content (AvgIpc) is 3.12. The summed E-state index contributed by atoms with van der Waals surface area (Å²) in [7, 11) is 2.72. The van der Waals surface area contributed by atoms with Crippen molar-refractivity contribution >= 4 is 35.3 Å². The molecule has 51 heavy (non-hydrogen) atoms. The molecule has 4 N–H and O–H groups in total. The molecule has 0 saturated heterocycles. The van der Waals surface area contributed by atoms with Gasteiger partial charge in [0.25, 0.3) is 5.91 Å². The van der Waals surface area contributed by atoms with E-state index in [2.05, 4.69) is 10.6 Å². The van der Waals surface area contributed by atoms with E-state index < -0.39 is 36.0 Å². The van der Waals surface area contributed by atoms with Crippen molar-refractivity contribution in [1.29, 1.82) is 0 Å². The van der Waals surface area contributed by atoms with Gasteiger partial charge in [0.1, 0.15) is 23.3 Å². The van der Waals surface area contributed by atoms with Crippen LogP contribution in [0.3, 0.4) is 0 Å². The van der Waals surface area contributed by atoms with Crippen molar-refractivity contribution in [2.24, 2.45) is 11.7 Å². The highest BCUT2D eigenvalue weighted by molar-refractivity contribution is 6.30. The number of amides is 3. The van der Waals surface area contributed by atoms with Crippen molar-refractivity contribution in [3.63, 3.8) is 0 Å². The highest BCUT2D eigenvalue weighted by Gasteiger charge is 2.28. The number of carbonyl (C=O) groups excluding carboxylic acids is 4. The first-order valence-corrected chi connectivity index (χ1v) is 17.3. The Hall–Kier alpha value is -4.81. The molecule has 0 bridgehead atoms. The number of ether oxygens (including phenoxy) is 5. The molecule has 0 radical (unpaired) electrons. The van der Waals surface area contributed by atoms with Gasteiger partial charge >= 0.3 is 5.97 Å². The number of hydrogen-bond acceptors (Lipinski definition) is 9. The van der Waals surface area contributed by atoms with E-state index in [1.54, 1.807) is 67.6 Å². The third kappa shape index (κ3) is 11.3. The second-order valence-corrected chi connectivity index (χ2v) is 13.0. The maximum Gasteiger partial charge on any atom is 0.351 e. The van der Waals surface area contributed by atoms with E-state index in [0.717, 1.165) is 12.8 Å². The number of nitrogens with one attached hydrogen (secondary N) is 2. The number of methoxy groups -OCH3 is 2. The second-order valence-electron chi connectivity index (χ2n) is 12.5. The molecule has 3 unspecified atom stereocenters. The summed E-state index contributed by atoms with van der Waals surface area (Å²) in [6, 6.07) is 15.2. The minimum Gasteiger partial charge on any atom is -0.492 e. The van der Waals surface area contributed by atoms with Crippen LogP contribution in [-0.4, -0.2) is 57.4 Å². The first-order chi connectivity index (χ1) is 24.5. The first-order valence-electron chi connectivity index (χ1n) is 16.9. The van der Waals surface area contributed by atoms with Crippen LogP contribution in [0.1, 0.15) is 85.1 Å². The zero-order chi connectivity index (χ0) is 36.9. The minimum atomic E-state index is -1.21. The Morgan fingerprint density at radius 2 is 1.61 bits per heavy atom. The molecule has 1 aliphatic carbocycles. The largest absolute Gasteiger partial charge is 0.492 e. The van der Waals surface area contributed by atoms with Crippen molar-refractivity contribution in [2.75, 3.05) is 27.6 Å². The molecular weight excluding hydrogens is 678 g/mol. The SMILES string of the molecule is COCOc1ccc(Cl)cc1C(Oc1ccc(CC(NC(C)=O)C(=O)NC(C)c2ccc(OCC3CCCCC3)c(C(N)=O)c2)cc1)C(=O)OC. The van der Waals surface area contributed by atoms with Gasteiger partial charge in [0.05, 0.1) is 25.3 Å². The molecule has 274 valence electrons. The first kappa shape index (κ1) is 39.0. The number of primary amides is 1. The zero-order valence-corrected chi connectivity index (χ0v) is 30.1. The van der Waals surface area contributed by atoms with Gasteiger partial charge in [-0.05, 0) is 79.3 Å². The normalized spacial score (nSPS) is 14.8. The highest BCUT2D eigenvalue weighted by Crippen LogP contribution is 2.33. The van der Waals surface area contributed by atoms with Crippen LogP contribution in [0.5, 0.6) is 17.2 Å². The smallest absolute Gasteiger partial charge is 0.351 e. The Morgan fingerprint density at radius 1 is 0.902 bits per heavy atom. The van der Waals surface area contributed by atoms with Crippen molar-refractivity contribution in [3.05, 3.63) is 87.9 Å². The Kier molecular flexibility index (Phi) is 14.5. The van der Waals surface area contributed by atoms with Gasteiger partial charge in [-0.25, -0.2) is 4.79 Å². The average molecular weight is 724 g/mol. The van der Waals surface area contributed by atoms with Crippen molar-refractivity contribution in [3.8, 4) is 17.2 Å². The van der Waals surface area contributed by atoms with Gasteiger partial charge < -0.3 is 40.1 Å². The van der Waals surface area contributed by atoms with Gasteiger partial charge in [-0.1, -0.05) is 49.1 Å². The lowest BCUT2D eigenvalue weighted by Gasteiger charge is -2.23. The summed E-state index contributed by atoms with van der Waals surface area (Å²) in [6.45, 7) is 3.57. The highest BCUT2D eigenvalue weighted by atomic mass is 35.5. The van der Waals surface area contributed by atoms with Crippen molar-refractivity contribution < 1.29 is 42.9 Å². The number of halogens is 1. The second kappa shape index (κ2) is 19.0. The van der Waals surface area contributed by atoms with E-state index in [0.29, 0.717) is 51.5 Å². The van der Waals surface area contributed by atoms with Crippen LogP contribution in [-0.2, 0) is 30.3 Å². The molecule has 0 aromatic heterocycles. The molecule has 3 atom stereocenters. The molecule has 1 saturated carbocycles. The summed E-state index contributed by atoms with van der Waals surface area (Å²) < 4.78 is 27.7. The van der Waals surface area contributed by atoms with Crippen LogP contribution in [0.2, 0.25) is 5.02 Å².